The average Bonchev–Trinajstić information content (AvgIpc) is 2.42. The maximum atomic E-state index is 11.9. The molecule has 6 heteroatoms. The van der Waals surface area contributed by atoms with Crippen molar-refractivity contribution < 1.29 is 4.79 Å². The summed E-state index contributed by atoms with van der Waals surface area (Å²) in [6.45, 7) is 0. The van der Waals surface area contributed by atoms with Crippen LogP contribution in [0.4, 0.5) is 0 Å². The number of hydrogen-bond acceptors (Lipinski definition) is 2. The van der Waals surface area contributed by atoms with E-state index in [0.717, 1.165) is 0 Å². The van der Waals surface area contributed by atoms with Gasteiger partial charge in [0.1, 0.15) is 0 Å². The Labute approximate surface area is 131 Å². The molecule has 2 aromatic rings. The third-order valence-corrected chi connectivity index (χ3v) is 3.47. The molecule has 0 radical (unpaired) electrons. The minimum absolute atomic E-state index is 0.344. The molecule has 0 atom stereocenters. The van der Waals surface area contributed by atoms with Crippen molar-refractivity contribution >= 4 is 46.9 Å². The zero-order valence-corrected chi connectivity index (χ0v) is 12.4. The monoisotopic (exact) mass is 326 g/mol. The molecule has 0 aliphatic rings. The number of benzene rings is 2. The molecule has 0 heterocycles. The molecule has 0 unspecified atom stereocenters. The molecule has 0 aliphatic heterocycles. The quantitative estimate of drug-likeness (QED) is 0.658. The van der Waals surface area contributed by atoms with Crippen LogP contribution in [0.25, 0.3) is 0 Å². The molecular weight excluding hydrogens is 319 g/mol. The van der Waals surface area contributed by atoms with Crippen molar-refractivity contribution in [1.29, 1.82) is 0 Å². The second-order valence-electron chi connectivity index (χ2n) is 3.81. The van der Waals surface area contributed by atoms with Crippen LogP contribution < -0.4 is 5.43 Å². The minimum atomic E-state index is -0.407. The highest BCUT2D eigenvalue weighted by molar-refractivity contribution is 6.38. The van der Waals surface area contributed by atoms with Crippen LogP contribution in [0, 0.1) is 0 Å². The van der Waals surface area contributed by atoms with Crippen LogP contribution in [0.2, 0.25) is 15.1 Å². The number of rotatable bonds is 3. The minimum Gasteiger partial charge on any atom is -0.267 e. The van der Waals surface area contributed by atoms with Gasteiger partial charge in [0, 0.05) is 5.56 Å². The van der Waals surface area contributed by atoms with E-state index >= 15 is 0 Å². The normalized spacial score (nSPS) is 10.8. The van der Waals surface area contributed by atoms with E-state index in [1.165, 1.54) is 6.21 Å². The lowest BCUT2D eigenvalue weighted by Gasteiger charge is -2.03. The van der Waals surface area contributed by atoms with Gasteiger partial charge in [-0.3, -0.25) is 4.79 Å². The van der Waals surface area contributed by atoms with E-state index in [2.05, 4.69) is 10.5 Å². The van der Waals surface area contributed by atoms with Gasteiger partial charge in [-0.1, -0.05) is 53.0 Å². The molecule has 0 aliphatic carbocycles. The zero-order chi connectivity index (χ0) is 14.5. The number of amides is 1. The molecule has 0 saturated carbocycles. The Morgan fingerprint density at radius 3 is 2.20 bits per heavy atom. The number of hydrogen-bond donors (Lipinski definition) is 1. The van der Waals surface area contributed by atoms with Gasteiger partial charge in [0.2, 0.25) is 0 Å². The highest BCUT2D eigenvalue weighted by Crippen LogP contribution is 2.22. The van der Waals surface area contributed by atoms with Crippen LogP contribution in [0.1, 0.15) is 15.9 Å². The zero-order valence-electron chi connectivity index (χ0n) is 10.1. The number of hydrazone groups is 1. The SMILES string of the molecule is O=C(N/N=C\c1c(Cl)cccc1Cl)c1ccccc1Cl. The molecule has 0 bridgehead atoms. The molecule has 0 spiro atoms. The Morgan fingerprint density at radius 2 is 1.55 bits per heavy atom. The van der Waals surface area contributed by atoms with Crippen LogP contribution in [0.15, 0.2) is 47.6 Å². The van der Waals surface area contributed by atoms with Gasteiger partial charge >= 0.3 is 0 Å². The Morgan fingerprint density at radius 1 is 0.950 bits per heavy atom. The van der Waals surface area contributed by atoms with Crippen LogP contribution in [0.5, 0.6) is 0 Å². The smallest absolute Gasteiger partial charge is 0.267 e. The molecular formula is C14H9Cl3N2O. The number of nitrogens with zero attached hydrogens (tertiary/aromatic N) is 1. The fraction of sp³-hybridized carbons (Fsp3) is 0. The maximum absolute atomic E-state index is 11.9. The molecule has 3 nitrogen and oxygen atoms in total. The average molecular weight is 328 g/mol. The van der Waals surface area contributed by atoms with Crippen molar-refractivity contribution in [1.82, 2.24) is 5.43 Å². The van der Waals surface area contributed by atoms with Gasteiger partial charge in [0.15, 0.2) is 0 Å². The first kappa shape index (κ1) is 14.9. The van der Waals surface area contributed by atoms with Gasteiger partial charge in [0.25, 0.3) is 5.91 Å². The Bertz CT molecular complexity index is 651. The third-order valence-electron chi connectivity index (χ3n) is 2.48. The molecule has 0 saturated heterocycles. The van der Waals surface area contributed by atoms with Crippen molar-refractivity contribution in [3.63, 3.8) is 0 Å². The molecule has 102 valence electrons. The summed E-state index contributed by atoms with van der Waals surface area (Å²) in [4.78, 5) is 11.9. The van der Waals surface area contributed by atoms with Crippen LogP contribution >= 0.6 is 34.8 Å². The van der Waals surface area contributed by atoms with Crippen molar-refractivity contribution in [2.75, 3.05) is 0 Å². The van der Waals surface area contributed by atoms with E-state index in [1.54, 1.807) is 42.5 Å². The number of nitrogens with one attached hydrogen (secondary N) is 1. The standard InChI is InChI=1S/C14H9Cl3N2O/c15-11-5-2-1-4-9(11)14(20)19-18-8-10-12(16)6-3-7-13(10)17/h1-8H,(H,19,20)/b18-8-. The summed E-state index contributed by atoms with van der Waals surface area (Å²) in [7, 11) is 0. The van der Waals surface area contributed by atoms with Gasteiger partial charge in [-0.15, -0.1) is 0 Å². The highest BCUT2D eigenvalue weighted by atomic mass is 35.5. The van der Waals surface area contributed by atoms with E-state index in [4.69, 9.17) is 34.8 Å². The van der Waals surface area contributed by atoms with E-state index in [-0.39, 0.29) is 0 Å². The molecule has 1 N–H and O–H groups in total. The fourth-order valence-electron chi connectivity index (χ4n) is 1.50. The molecule has 0 aromatic heterocycles. The van der Waals surface area contributed by atoms with Gasteiger partial charge in [-0.05, 0) is 24.3 Å². The molecule has 2 aromatic carbocycles. The largest absolute Gasteiger partial charge is 0.272 e. The summed E-state index contributed by atoms with van der Waals surface area (Å²) >= 11 is 17.9. The highest BCUT2D eigenvalue weighted by Gasteiger charge is 2.08. The van der Waals surface area contributed by atoms with Crippen molar-refractivity contribution in [2.45, 2.75) is 0 Å². The molecule has 1 amide bonds. The summed E-state index contributed by atoms with van der Waals surface area (Å²) in [5.41, 5.74) is 3.25. The summed E-state index contributed by atoms with van der Waals surface area (Å²) < 4.78 is 0. The Kier molecular flexibility index (Phi) is 5.01. The van der Waals surface area contributed by atoms with Crippen molar-refractivity contribution in [3.8, 4) is 0 Å². The van der Waals surface area contributed by atoms with Gasteiger partial charge in [-0.2, -0.15) is 5.10 Å². The van der Waals surface area contributed by atoms with Crippen molar-refractivity contribution in [3.05, 3.63) is 68.7 Å². The van der Waals surface area contributed by atoms with E-state index in [1.807, 2.05) is 0 Å². The Hall–Kier alpha value is -1.55. The lowest BCUT2D eigenvalue weighted by atomic mass is 10.2. The van der Waals surface area contributed by atoms with Gasteiger partial charge in [-0.25, -0.2) is 5.43 Å². The lowest BCUT2D eigenvalue weighted by Crippen LogP contribution is -2.18. The first-order valence-electron chi connectivity index (χ1n) is 5.61. The second kappa shape index (κ2) is 6.75. The van der Waals surface area contributed by atoms with E-state index in [0.29, 0.717) is 26.2 Å². The Balaban J connectivity index is 2.11. The summed E-state index contributed by atoms with van der Waals surface area (Å²) in [6.07, 6.45) is 1.39. The van der Waals surface area contributed by atoms with Gasteiger partial charge in [0.05, 0.1) is 26.8 Å². The fourth-order valence-corrected chi connectivity index (χ4v) is 2.21. The molecule has 20 heavy (non-hydrogen) atoms. The van der Waals surface area contributed by atoms with Crippen LogP contribution in [0.3, 0.4) is 0 Å². The first-order valence-corrected chi connectivity index (χ1v) is 6.75. The summed E-state index contributed by atoms with van der Waals surface area (Å²) in [5, 5.41) is 5.09. The van der Waals surface area contributed by atoms with E-state index < -0.39 is 5.91 Å². The maximum Gasteiger partial charge on any atom is 0.272 e. The van der Waals surface area contributed by atoms with Crippen LogP contribution in [-0.4, -0.2) is 12.1 Å². The number of carbonyl (C=O) groups is 1. The third kappa shape index (κ3) is 3.51. The predicted octanol–water partition coefficient (Wildman–Crippen LogP) is 4.41. The lowest BCUT2D eigenvalue weighted by molar-refractivity contribution is 0.0955. The first-order chi connectivity index (χ1) is 9.59. The number of carbonyl (C=O) groups excluding carboxylic acids is 1. The summed E-state index contributed by atoms with van der Waals surface area (Å²) in [5.74, 6) is -0.407. The molecule has 0 fully saturated rings. The second-order valence-corrected chi connectivity index (χ2v) is 5.04. The van der Waals surface area contributed by atoms with Crippen molar-refractivity contribution in [2.24, 2.45) is 5.10 Å². The topological polar surface area (TPSA) is 41.5 Å². The predicted molar refractivity (Wildman–Crippen MR) is 83.0 cm³/mol. The van der Waals surface area contributed by atoms with Crippen LogP contribution in [-0.2, 0) is 0 Å². The summed E-state index contributed by atoms with van der Waals surface area (Å²) in [6, 6.07) is 11.8. The van der Waals surface area contributed by atoms with E-state index in [9.17, 15) is 4.79 Å². The number of halogens is 3. The molecule has 2 rings (SSSR count). The van der Waals surface area contributed by atoms with Gasteiger partial charge < -0.3 is 0 Å².